The Bertz CT molecular complexity index is 1170. The molecule has 1 heterocycles. The molecule has 4 rings (SSSR count). The molecule has 0 fully saturated rings. The van der Waals surface area contributed by atoms with E-state index >= 15 is 0 Å². The molecule has 0 unspecified atom stereocenters. The fourth-order valence-corrected chi connectivity index (χ4v) is 3.01. The van der Waals surface area contributed by atoms with Crippen molar-refractivity contribution in [2.24, 2.45) is 5.10 Å². The van der Waals surface area contributed by atoms with E-state index in [9.17, 15) is 4.79 Å². The number of nitrogens with one attached hydrogen (secondary N) is 1. The number of ether oxygens (including phenoxy) is 1. The van der Waals surface area contributed by atoms with Crippen LogP contribution in [0, 0.1) is 0 Å². The van der Waals surface area contributed by atoms with Crippen LogP contribution in [-0.2, 0) is 0 Å². The minimum Gasteiger partial charge on any atom is -0.497 e. The molecule has 6 nitrogen and oxygen atoms in total. The minimum atomic E-state index is -0.338. The summed E-state index contributed by atoms with van der Waals surface area (Å²) in [6.45, 7) is 0. The van der Waals surface area contributed by atoms with E-state index in [-0.39, 0.29) is 5.91 Å². The number of para-hydroxylation sites is 1. The highest BCUT2D eigenvalue weighted by atomic mass is 16.5. The lowest BCUT2D eigenvalue weighted by atomic mass is 10.1. The average molecular weight is 396 g/mol. The van der Waals surface area contributed by atoms with Crippen LogP contribution in [0.15, 0.2) is 96.2 Å². The molecule has 3 aromatic carbocycles. The van der Waals surface area contributed by atoms with Crippen molar-refractivity contribution >= 4 is 12.1 Å². The lowest BCUT2D eigenvalue weighted by Gasteiger charge is -2.02. The van der Waals surface area contributed by atoms with Crippen LogP contribution in [0.4, 0.5) is 0 Å². The number of hydrogen-bond donors (Lipinski definition) is 1. The van der Waals surface area contributed by atoms with E-state index in [0.29, 0.717) is 11.3 Å². The Labute approximate surface area is 174 Å². The fourth-order valence-electron chi connectivity index (χ4n) is 3.01. The van der Waals surface area contributed by atoms with E-state index in [4.69, 9.17) is 4.74 Å². The molecule has 1 amide bonds. The summed E-state index contributed by atoms with van der Waals surface area (Å²) in [7, 11) is 1.60. The van der Waals surface area contributed by atoms with Crippen molar-refractivity contribution in [3.8, 4) is 22.7 Å². The van der Waals surface area contributed by atoms with Crippen LogP contribution >= 0.6 is 0 Å². The zero-order chi connectivity index (χ0) is 20.8. The topological polar surface area (TPSA) is 68.5 Å². The SMILES string of the molecule is COc1cccc(/C=N\NC(=O)c2cn(-c3ccccc3)nc2-c2ccccc2)c1. The van der Waals surface area contributed by atoms with Gasteiger partial charge in [-0.2, -0.15) is 10.2 Å². The number of benzene rings is 3. The van der Waals surface area contributed by atoms with E-state index in [1.807, 2.05) is 84.9 Å². The smallest absolute Gasteiger partial charge is 0.275 e. The maximum absolute atomic E-state index is 12.9. The zero-order valence-electron chi connectivity index (χ0n) is 16.4. The molecule has 1 aromatic heterocycles. The molecule has 0 aliphatic heterocycles. The van der Waals surface area contributed by atoms with Gasteiger partial charge in [-0.25, -0.2) is 10.1 Å². The predicted molar refractivity (Wildman–Crippen MR) is 117 cm³/mol. The molecule has 0 radical (unpaired) electrons. The first-order valence-corrected chi connectivity index (χ1v) is 9.42. The lowest BCUT2D eigenvalue weighted by Crippen LogP contribution is -2.17. The molecule has 0 saturated carbocycles. The van der Waals surface area contributed by atoms with Crippen molar-refractivity contribution in [1.29, 1.82) is 0 Å². The van der Waals surface area contributed by atoms with Gasteiger partial charge in [0.15, 0.2) is 0 Å². The van der Waals surface area contributed by atoms with E-state index < -0.39 is 0 Å². The van der Waals surface area contributed by atoms with Crippen LogP contribution in [0.25, 0.3) is 16.9 Å². The highest BCUT2D eigenvalue weighted by Gasteiger charge is 2.18. The van der Waals surface area contributed by atoms with E-state index in [1.165, 1.54) is 0 Å². The second-order valence-corrected chi connectivity index (χ2v) is 6.51. The summed E-state index contributed by atoms with van der Waals surface area (Å²) in [5, 5.41) is 8.74. The third kappa shape index (κ3) is 4.28. The number of carbonyl (C=O) groups excluding carboxylic acids is 1. The molecule has 6 heteroatoms. The first-order chi connectivity index (χ1) is 14.7. The van der Waals surface area contributed by atoms with Crippen LogP contribution in [0.3, 0.4) is 0 Å². The Morgan fingerprint density at radius 2 is 1.73 bits per heavy atom. The van der Waals surface area contributed by atoms with Gasteiger partial charge in [-0.3, -0.25) is 4.79 Å². The first kappa shape index (κ1) is 19.1. The maximum atomic E-state index is 12.9. The van der Waals surface area contributed by atoms with Gasteiger partial charge in [-0.1, -0.05) is 60.7 Å². The molecule has 30 heavy (non-hydrogen) atoms. The molecule has 0 saturated heterocycles. The Balaban J connectivity index is 1.62. The molecule has 0 aliphatic carbocycles. The molecule has 4 aromatic rings. The highest BCUT2D eigenvalue weighted by Crippen LogP contribution is 2.23. The van der Waals surface area contributed by atoms with E-state index in [2.05, 4.69) is 15.6 Å². The minimum absolute atomic E-state index is 0.338. The van der Waals surface area contributed by atoms with Gasteiger partial charge >= 0.3 is 0 Å². The molecular formula is C24H20N4O2. The largest absolute Gasteiger partial charge is 0.497 e. The lowest BCUT2D eigenvalue weighted by molar-refractivity contribution is 0.0955. The first-order valence-electron chi connectivity index (χ1n) is 9.42. The van der Waals surface area contributed by atoms with Crippen LogP contribution in [0.2, 0.25) is 0 Å². The standard InChI is InChI=1S/C24H20N4O2/c1-30-21-14-8-9-18(15-21)16-25-26-24(29)22-17-28(20-12-6-3-7-13-20)27-23(22)19-10-4-2-5-11-19/h2-17H,1H3,(H,26,29)/b25-16-. The van der Waals surface area contributed by atoms with Crippen molar-refractivity contribution in [3.05, 3.63) is 102 Å². The van der Waals surface area contributed by atoms with Gasteiger partial charge in [0.2, 0.25) is 0 Å². The number of hydrogen-bond acceptors (Lipinski definition) is 4. The van der Waals surface area contributed by atoms with Crippen LogP contribution in [0.5, 0.6) is 5.75 Å². The van der Waals surface area contributed by atoms with Crippen molar-refractivity contribution in [2.45, 2.75) is 0 Å². The second-order valence-electron chi connectivity index (χ2n) is 6.51. The molecule has 0 aliphatic rings. The number of aromatic nitrogens is 2. The van der Waals surface area contributed by atoms with Crippen LogP contribution in [0.1, 0.15) is 15.9 Å². The average Bonchev–Trinajstić information content (AvgIpc) is 3.26. The summed E-state index contributed by atoms with van der Waals surface area (Å²) in [4.78, 5) is 12.9. The summed E-state index contributed by atoms with van der Waals surface area (Å²) in [5.41, 5.74) is 6.17. The van der Waals surface area contributed by atoms with E-state index in [1.54, 1.807) is 24.2 Å². The van der Waals surface area contributed by atoms with Crippen molar-refractivity contribution in [2.75, 3.05) is 7.11 Å². The van der Waals surface area contributed by atoms with Gasteiger partial charge in [0.1, 0.15) is 11.4 Å². The Morgan fingerprint density at radius 1 is 1.00 bits per heavy atom. The number of rotatable bonds is 6. The van der Waals surface area contributed by atoms with Gasteiger partial charge in [-0.05, 0) is 29.8 Å². The molecule has 0 spiro atoms. The van der Waals surface area contributed by atoms with E-state index in [0.717, 1.165) is 22.6 Å². The predicted octanol–water partition coefficient (Wildman–Crippen LogP) is 4.31. The van der Waals surface area contributed by atoms with Crippen LogP contribution in [-0.4, -0.2) is 29.0 Å². The van der Waals surface area contributed by atoms with Gasteiger partial charge < -0.3 is 4.74 Å². The van der Waals surface area contributed by atoms with Crippen molar-refractivity contribution in [3.63, 3.8) is 0 Å². The number of amides is 1. The Kier molecular flexibility index (Phi) is 5.66. The number of hydrazone groups is 1. The number of carbonyl (C=O) groups is 1. The van der Waals surface area contributed by atoms with Crippen LogP contribution < -0.4 is 10.2 Å². The Hall–Kier alpha value is -4.19. The van der Waals surface area contributed by atoms with Crippen molar-refractivity contribution in [1.82, 2.24) is 15.2 Å². The Morgan fingerprint density at radius 3 is 2.47 bits per heavy atom. The molecule has 148 valence electrons. The number of nitrogens with zero attached hydrogens (tertiary/aromatic N) is 3. The van der Waals surface area contributed by atoms with Gasteiger partial charge in [0.25, 0.3) is 5.91 Å². The third-order valence-electron chi connectivity index (χ3n) is 4.50. The molecule has 0 bridgehead atoms. The highest BCUT2D eigenvalue weighted by molar-refractivity contribution is 6.00. The fraction of sp³-hybridized carbons (Fsp3) is 0.0417. The molecule has 0 atom stereocenters. The summed E-state index contributed by atoms with van der Waals surface area (Å²) >= 11 is 0. The summed E-state index contributed by atoms with van der Waals surface area (Å²) < 4.78 is 6.90. The zero-order valence-corrected chi connectivity index (χ0v) is 16.4. The number of methoxy groups -OCH3 is 1. The maximum Gasteiger partial charge on any atom is 0.275 e. The summed E-state index contributed by atoms with van der Waals surface area (Å²) in [6.07, 6.45) is 3.29. The normalized spacial score (nSPS) is 10.8. The third-order valence-corrected chi connectivity index (χ3v) is 4.50. The van der Waals surface area contributed by atoms with Gasteiger partial charge in [-0.15, -0.1) is 0 Å². The van der Waals surface area contributed by atoms with Crippen molar-refractivity contribution < 1.29 is 9.53 Å². The second kappa shape index (κ2) is 8.87. The molecule has 1 N–H and O–H groups in total. The summed E-state index contributed by atoms with van der Waals surface area (Å²) in [6, 6.07) is 26.7. The van der Waals surface area contributed by atoms with Gasteiger partial charge in [0, 0.05) is 11.8 Å². The quantitative estimate of drug-likeness (QED) is 0.390. The summed E-state index contributed by atoms with van der Waals surface area (Å²) in [5.74, 6) is 0.385. The monoisotopic (exact) mass is 396 g/mol. The molecular weight excluding hydrogens is 376 g/mol. The van der Waals surface area contributed by atoms with Gasteiger partial charge in [0.05, 0.1) is 24.6 Å².